The SMILES string of the molecule is CCNC(=NCCN1CCOCC1)NCCSCc1ccccc1F. The lowest BCUT2D eigenvalue weighted by molar-refractivity contribution is 0.0394. The molecule has 7 heteroatoms. The van der Waals surface area contributed by atoms with Crippen molar-refractivity contribution in [3.05, 3.63) is 35.6 Å². The first kappa shape index (κ1) is 20.0. The highest BCUT2D eigenvalue weighted by Gasteiger charge is 2.09. The van der Waals surface area contributed by atoms with E-state index in [1.807, 2.05) is 12.1 Å². The van der Waals surface area contributed by atoms with Crippen LogP contribution in [-0.2, 0) is 10.5 Å². The first-order valence-corrected chi connectivity index (χ1v) is 10.1. The molecule has 5 nitrogen and oxygen atoms in total. The normalized spacial score (nSPS) is 16.0. The predicted octanol–water partition coefficient (Wildman–Crippen LogP) is 1.95. The van der Waals surface area contributed by atoms with E-state index in [1.165, 1.54) is 6.07 Å². The van der Waals surface area contributed by atoms with Crippen molar-refractivity contribution < 1.29 is 9.13 Å². The number of benzene rings is 1. The largest absolute Gasteiger partial charge is 0.379 e. The molecular weight excluding hydrogens is 339 g/mol. The average Bonchev–Trinajstić information content (AvgIpc) is 2.64. The van der Waals surface area contributed by atoms with Gasteiger partial charge in [-0.25, -0.2) is 4.39 Å². The molecule has 0 aromatic heterocycles. The van der Waals surface area contributed by atoms with Crippen molar-refractivity contribution in [1.29, 1.82) is 0 Å². The Bertz CT molecular complexity index is 524. The summed E-state index contributed by atoms with van der Waals surface area (Å²) in [6, 6.07) is 6.95. The minimum Gasteiger partial charge on any atom is -0.379 e. The quantitative estimate of drug-likeness (QED) is 0.396. The first-order chi connectivity index (χ1) is 12.3. The summed E-state index contributed by atoms with van der Waals surface area (Å²) in [7, 11) is 0. The molecule has 140 valence electrons. The van der Waals surface area contributed by atoms with Crippen molar-refractivity contribution >= 4 is 17.7 Å². The molecule has 1 heterocycles. The number of aliphatic imine (C=N–C) groups is 1. The number of ether oxygens (including phenoxy) is 1. The summed E-state index contributed by atoms with van der Waals surface area (Å²) in [6.45, 7) is 9.07. The van der Waals surface area contributed by atoms with E-state index in [-0.39, 0.29) is 5.82 Å². The number of rotatable bonds is 9. The topological polar surface area (TPSA) is 48.9 Å². The molecular formula is C18H29FN4OS. The van der Waals surface area contributed by atoms with Crippen LogP contribution in [0.15, 0.2) is 29.3 Å². The number of morpholine rings is 1. The van der Waals surface area contributed by atoms with Crippen LogP contribution in [0.25, 0.3) is 0 Å². The summed E-state index contributed by atoms with van der Waals surface area (Å²) >= 11 is 1.72. The highest BCUT2D eigenvalue weighted by atomic mass is 32.2. The minimum atomic E-state index is -0.124. The molecule has 0 aliphatic carbocycles. The summed E-state index contributed by atoms with van der Waals surface area (Å²) in [5.41, 5.74) is 0.763. The van der Waals surface area contributed by atoms with Gasteiger partial charge in [0.2, 0.25) is 0 Å². The average molecular weight is 369 g/mol. The van der Waals surface area contributed by atoms with E-state index in [2.05, 4.69) is 27.4 Å². The van der Waals surface area contributed by atoms with Crippen LogP contribution in [0.2, 0.25) is 0 Å². The molecule has 2 N–H and O–H groups in total. The number of hydrogen-bond acceptors (Lipinski definition) is 4. The second-order valence-electron chi connectivity index (χ2n) is 5.79. The van der Waals surface area contributed by atoms with Crippen LogP contribution in [-0.4, -0.2) is 69.1 Å². The maximum Gasteiger partial charge on any atom is 0.191 e. The Morgan fingerprint density at radius 2 is 2.08 bits per heavy atom. The van der Waals surface area contributed by atoms with Crippen molar-refractivity contribution in [3.8, 4) is 0 Å². The van der Waals surface area contributed by atoms with Gasteiger partial charge in [-0.1, -0.05) is 18.2 Å². The molecule has 1 fully saturated rings. The predicted molar refractivity (Wildman–Crippen MR) is 104 cm³/mol. The Hall–Kier alpha value is -1.31. The van der Waals surface area contributed by atoms with E-state index in [0.717, 1.165) is 69.8 Å². The third-order valence-corrected chi connectivity index (χ3v) is 4.90. The molecule has 1 saturated heterocycles. The van der Waals surface area contributed by atoms with Gasteiger partial charge in [0.1, 0.15) is 5.82 Å². The Balaban J connectivity index is 1.62. The Morgan fingerprint density at radius 3 is 2.84 bits per heavy atom. The lowest BCUT2D eigenvalue weighted by Crippen LogP contribution is -2.40. The summed E-state index contributed by atoms with van der Waals surface area (Å²) < 4.78 is 18.9. The van der Waals surface area contributed by atoms with Crippen molar-refractivity contribution in [2.24, 2.45) is 4.99 Å². The molecule has 0 radical (unpaired) electrons. The fourth-order valence-corrected chi connectivity index (χ4v) is 3.35. The second-order valence-corrected chi connectivity index (χ2v) is 6.89. The van der Waals surface area contributed by atoms with Gasteiger partial charge in [-0.2, -0.15) is 11.8 Å². The van der Waals surface area contributed by atoms with E-state index < -0.39 is 0 Å². The van der Waals surface area contributed by atoms with E-state index in [1.54, 1.807) is 17.8 Å². The molecule has 1 aliphatic heterocycles. The zero-order valence-electron chi connectivity index (χ0n) is 15.0. The van der Waals surface area contributed by atoms with Crippen LogP contribution < -0.4 is 10.6 Å². The zero-order chi connectivity index (χ0) is 17.7. The van der Waals surface area contributed by atoms with Gasteiger partial charge < -0.3 is 15.4 Å². The molecule has 0 saturated carbocycles. The Kier molecular flexibility index (Phi) is 9.69. The minimum absolute atomic E-state index is 0.124. The van der Waals surface area contributed by atoms with E-state index >= 15 is 0 Å². The summed E-state index contributed by atoms with van der Waals surface area (Å²) in [5, 5.41) is 6.60. The van der Waals surface area contributed by atoms with Crippen LogP contribution >= 0.6 is 11.8 Å². The summed E-state index contributed by atoms with van der Waals surface area (Å²) in [4.78, 5) is 7.00. The van der Waals surface area contributed by atoms with Gasteiger partial charge in [0.05, 0.1) is 19.8 Å². The monoisotopic (exact) mass is 368 g/mol. The maximum atomic E-state index is 13.6. The number of nitrogens with zero attached hydrogens (tertiary/aromatic N) is 2. The van der Waals surface area contributed by atoms with Crippen molar-refractivity contribution in [2.75, 3.05) is 58.2 Å². The summed E-state index contributed by atoms with van der Waals surface area (Å²) in [5.74, 6) is 2.32. The Labute approximate surface area is 154 Å². The molecule has 0 bridgehead atoms. The van der Waals surface area contributed by atoms with Gasteiger partial charge in [0, 0.05) is 44.2 Å². The van der Waals surface area contributed by atoms with Crippen molar-refractivity contribution in [1.82, 2.24) is 15.5 Å². The van der Waals surface area contributed by atoms with Crippen molar-refractivity contribution in [3.63, 3.8) is 0 Å². The lowest BCUT2D eigenvalue weighted by Gasteiger charge is -2.25. The van der Waals surface area contributed by atoms with Crippen LogP contribution in [0.1, 0.15) is 12.5 Å². The standard InChI is InChI=1S/C18H29FN4OS/c1-2-20-18(21-7-9-23-10-12-24-13-11-23)22-8-14-25-15-16-5-3-4-6-17(16)19/h3-6H,2,7-15H2,1H3,(H2,20,21,22). The third-order valence-electron chi connectivity index (χ3n) is 3.89. The van der Waals surface area contributed by atoms with Gasteiger partial charge in [-0.3, -0.25) is 9.89 Å². The lowest BCUT2D eigenvalue weighted by atomic mass is 10.2. The maximum absolute atomic E-state index is 13.6. The molecule has 2 rings (SSSR count). The van der Waals surface area contributed by atoms with Crippen LogP contribution in [0, 0.1) is 5.82 Å². The van der Waals surface area contributed by atoms with Gasteiger partial charge in [-0.05, 0) is 18.6 Å². The number of hydrogen-bond donors (Lipinski definition) is 2. The molecule has 1 aliphatic rings. The third kappa shape index (κ3) is 8.07. The van der Waals surface area contributed by atoms with E-state index in [4.69, 9.17) is 4.74 Å². The summed E-state index contributed by atoms with van der Waals surface area (Å²) in [6.07, 6.45) is 0. The molecule has 25 heavy (non-hydrogen) atoms. The first-order valence-electron chi connectivity index (χ1n) is 8.93. The fourth-order valence-electron chi connectivity index (χ4n) is 2.51. The number of guanidine groups is 1. The van der Waals surface area contributed by atoms with Crippen LogP contribution in [0.3, 0.4) is 0 Å². The second kappa shape index (κ2) is 12.1. The van der Waals surface area contributed by atoms with Crippen LogP contribution in [0.4, 0.5) is 4.39 Å². The molecule has 0 unspecified atom stereocenters. The molecule has 0 amide bonds. The zero-order valence-corrected chi connectivity index (χ0v) is 15.8. The number of thioether (sulfide) groups is 1. The highest BCUT2D eigenvalue weighted by Crippen LogP contribution is 2.14. The molecule has 0 atom stereocenters. The Morgan fingerprint density at radius 1 is 1.28 bits per heavy atom. The van der Waals surface area contributed by atoms with Gasteiger partial charge in [-0.15, -0.1) is 0 Å². The fraction of sp³-hybridized carbons (Fsp3) is 0.611. The smallest absolute Gasteiger partial charge is 0.191 e. The van der Waals surface area contributed by atoms with E-state index in [0.29, 0.717) is 5.75 Å². The van der Waals surface area contributed by atoms with Crippen LogP contribution in [0.5, 0.6) is 0 Å². The number of nitrogens with one attached hydrogen (secondary N) is 2. The van der Waals surface area contributed by atoms with Gasteiger partial charge in [0.25, 0.3) is 0 Å². The number of halogens is 1. The molecule has 1 aromatic carbocycles. The van der Waals surface area contributed by atoms with Gasteiger partial charge >= 0.3 is 0 Å². The molecule has 0 spiro atoms. The van der Waals surface area contributed by atoms with Crippen molar-refractivity contribution in [2.45, 2.75) is 12.7 Å². The highest BCUT2D eigenvalue weighted by molar-refractivity contribution is 7.98. The van der Waals surface area contributed by atoms with Gasteiger partial charge in [0.15, 0.2) is 5.96 Å². The molecule has 1 aromatic rings. The van der Waals surface area contributed by atoms with E-state index in [9.17, 15) is 4.39 Å².